The van der Waals surface area contributed by atoms with Gasteiger partial charge >= 0.3 is 12.3 Å². The Morgan fingerprint density at radius 3 is 2.75 bits per heavy atom. The van der Waals surface area contributed by atoms with Crippen LogP contribution in [0.5, 0.6) is 0 Å². The van der Waals surface area contributed by atoms with Gasteiger partial charge < -0.3 is 4.74 Å². The first kappa shape index (κ1) is 14.9. The number of Topliss-reactive ketones (excluding diaryl/α,β-unsaturated/α-hetero) is 1. The minimum absolute atomic E-state index is 0.345. The summed E-state index contributed by atoms with van der Waals surface area (Å²) in [7, 11) is 0. The molecule has 0 bridgehead atoms. The molecule has 0 aliphatic rings. The lowest BCUT2D eigenvalue weighted by atomic mass is 10.1. The Morgan fingerprint density at radius 2 is 2.05 bits per heavy atom. The van der Waals surface area contributed by atoms with Crippen molar-refractivity contribution in [2.75, 3.05) is 13.2 Å². The van der Waals surface area contributed by atoms with Crippen LogP contribution in [0.2, 0.25) is 0 Å². The third kappa shape index (κ3) is 3.16. The highest BCUT2D eigenvalue weighted by molar-refractivity contribution is 7.17. The second kappa shape index (κ2) is 5.88. The van der Waals surface area contributed by atoms with Crippen LogP contribution in [0.15, 0.2) is 29.6 Å². The van der Waals surface area contributed by atoms with Crippen LogP contribution in [0.4, 0.5) is 17.6 Å². The largest absolute Gasteiger partial charge is 0.367 e. The molecule has 20 heavy (non-hydrogen) atoms. The van der Waals surface area contributed by atoms with E-state index in [0.29, 0.717) is 5.56 Å². The molecule has 1 heterocycles. The number of thiophene rings is 1. The van der Waals surface area contributed by atoms with Gasteiger partial charge in [0.1, 0.15) is 13.2 Å². The summed E-state index contributed by atoms with van der Waals surface area (Å²) in [6.07, 6.45) is -3.81. The predicted octanol–water partition coefficient (Wildman–Crippen LogP) is 4.00. The minimum Gasteiger partial charge on any atom is -0.367 e. The zero-order chi connectivity index (χ0) is 14.8. The molecule has 2 rings (SSSR count). The van der Waals surface area contributed by atoms with E-state index >= 15 is 0 Å². The summed E-state index contributed by atoms with van der Waals surface area (Å²) in [6, 6.07) is 6.85. The van der Waals surface area contributed by atoms with E-state index in [9.17, 15) is 22.4 Å². The molecule has 0 aliphatic carbocycles. The van der Waals surface area contributed by atoms with Gasteiger partial charge in [-0.25, -0.2) is 8.78 Å². The van der Waals surface area contributed by atoms with Gasteiger partial charge in [-0.2, -0.15) is 8.78 Å². The second-order valence-electron chi connectivity index (χ2n) is 4.12. The molecule has 0 saturated heterocycles. The van der Waals surface area contributed by atoms with E-state index in [0.717, 1.165) is 10.1 Å². The van der Waals surface area contributed by atoms with Gasteiger partial charge in [-0.1, -0.05) is 12.1 Å². The van der Waals surface area contributed by atoms with E-state index in [1.54, 1.807) is 17.5 Å². The molecule has 2 nitrogen and oxygen atoms in total. The highest BCUT2D eigenvalue weighted by Crippen LogP contribution is 2.26. The molecule has 0 aliphatic heterocycles. The SMILES string of the molecule is O=C(COCC(F)(F)C(F)F)c1cccc2ccsc12. The molecular weight excluding hydrogens is 296 g/mol. The first-order valence-electron chi connectivity index (χ1n) is 5.65. The molecule has 1 aromatic carbocycles. The van der Waals surface area contributed by atoms with Gasteiger partial charge in [0.05, 0.1) is 0 Å². The Balaban J connectivity index is 2.01. The number of carbonyl (C=O) groups is 1. The number of hydrogen-bond donors (Lipinski definition) is 0. The summed E-state index contributed by atoms with van der Waals surface area (Å²) in [4.78, 5) is 11.9. The Morgan fingerprint density at radius 1 is 1.30 bits per heavy atom. The maximum absolute atomic E-state index is 12.6. The van der Waals surface area contributed by atoms with Gasteiger partial charge in [-0.15, -0.1) is 11.3 Å². The Kier molecular flexibility index (Phi) is 4.39. The Labute approximate surface area is 116 Å². The highest BCUT2D eigenvalue weighted by atomic mass is 32.1. The predicted molar refractivity (Wildman–Crippen MR) is 67.9 cm³/mol. The van der Waals surface area contributed by atoms with Crippen molar-refractivity contribution in [2.24, 2.45) is 0 Å². The quantitative estimate of drug-likeness (QED) is 0.595. The first-order valence-corrected chi connectivity index (χ1v) is 6.53. The fourth-order valence-electron chi connectivity index (χ4n) is 1.63. The molecule has 0 amide bonds. The average molecular weight is 306 g/mol. The molecule has 0 radical (unpaired) electrons. The van der Waals surface area contributed by atoms with Crippen molar-refractivity contribution >= 4 is 27.2 Å². The number of alkyl halides is 4. The van der Waals surface area contributed by atoms with Gasteiger partial charge in [-0.3, -0.25) is 4.79 Å². The minimum atomic E-state index is -4.24. The van der Waals surface area contributed by atoms with E-state index in [-0.39, 0.29) is 0 Å². The summed E-state index contributed by atoms with van der Waals surface area (Å²) in [5.74, 6) is -4.75. The van der Waals surface area contributed by atoms with Crippen molar-refractivity contribution in [1.82, 2.24) is 0 Å². The van der Waals surface area contributed by atoms with Crippen LogP contribution in [0.1, 0.15) is 10.4 Å². The van der Waals surface area contributed by atoms with Crippen LogP contribution in [0, 0.1) is 0 Å². The Hall–Kier alpha value is -1.47. The van der Waals surface area contributed by atoms with E-state index in [1.165, 1.54) is 11.3 Å². The molecule has 108 valence electrons. The Bertz CT molecular complexity index is 609. The van der Waals surface area contributed by atoms with Gasteiger partial charge in [0.15, 0.2) is 5.78 Å². The number of halogens is 4. The van der Waals surface area contributed by atoms with Gasteiger partial charge in [0.2, 0.25) is 0 Å². The van der Waals surface area contributed by atoms with Gasteiger partial charge in [-0.05, 0) is 22.9 Å². The van der Waals surface area contributed by atoms with Crippen LogP contribution in [-0.2, 0) is 4.74 Å². The van der Waals surface area contributed by atoms with Crippen LogP contribution >= 0.6 is 11.3 Å². The second-order valence-corrected chi connectivity index (χ2v) is 5.04. The zero-order valence-electron chi connectivity index (χ0n) is 10.1. The number of carbonyl (C=O) groups excluding carboxylic acids is 1. The standard InChI is InChI=1S/C13H10F4O2S/c14-12(15)13(16,17)7-19-6-10(18)9-3-1-2-8-4-5-20-11(8)9/h1-5,12H,6-7H2. The van der Waals surface area contributed by atoms with Crippen molar-refractivity contribution in [3.63, 3.8) is 0 Å². The van der Waals surface area contributed by atoms with E-state index in [4.69, 9.17) is 0 Å². The summed E-state index contributed by atoms with van der Waals surface area (Å²) in [5.41, 5.74) is 0.345. The molecule has 2 aromatic rings. The zero-order valence-corrected chi connectivity index (χ0v) is 10.9. The lowest BCUT2D eigenvalue weighted by Crippen LogP contribution is -2.33. The maximum atomic E-state index is 12.6. The molecule has 0 N–H and O–H groups in total. The van der Waals surface area contributed by atoms with E-state index < -0.39 is 31.3 Å². The lowest BCUT2D eigenvalue weighted by Gasteiger charge is -2.14. The van der Waals surface area contributed by atoms with E-state index in [1.807, 2.05) is 12.1 Å². The van der Waals surface area contributed by atoms with E-state index in [2.05, 4.69) is 4.74 Å². The summed E-state index contributed by atoms with van der Waals surface area (Å²) in [5, 5.41) is 2.66. The molecule has 1 aromatic heterocycles. The fraction of sp³-hybridized carbons (Fsp3) is 0.308. The molecule has 0 saturated carbocycles. The summed E-state index contributed by atoms with van der Waals surface area (Å²) >= 11 is 1.34. The number of ether oxygens (including phenoxy) is 1. The van der Waals surface area contributed by atoms with Crippen molar-refractivity contribution in [1.29, 1.82) is 0 Å². The van der Waals surface area contributed by atoms with Crippen molar-refractivity contribution in [3.8, 4) is 0 Å². The number of hydrogen-bond acceptors (Lipinski definition) is 3. The van der Waals surface area contributed by atoms with Gasteiger partial charge in [0.25, 0.3) is 0 Å². The topological polar surface area (TPSA) is 26.3 Å². The first-order chi connectivity index (χ1) is 9.42. The number of benzene rings is 1. The van der Waals surface area contributed by atoms with Crippen LogP contribution in [0.25, 0.3) is 10.1 Å². The molecule has 7 heteroatoms. The third-order valence-corrected chi connectivity index (χ3v) is 3.59. The smallest absolute Gasteiger partial charge is 0.330 e. The summed E-state index contributed by atoms with van der Waals surface area (Å²) < 4.78 is 54.2. The molecule has 0 atom stereocenters. The van der Waals surface area contributed by atoms with Crippen molar-refractivity contribution < 1.29 is 27.1 Å². The summed E-state index contributed by atoms with van der Waals surface area (Å²) in [6.45, 7) is -2.13. The monoisotopic (exact) mass is 306 g/mol. The highest BCUT2D eigenvalue weighted by Gasteiger charge is 2.41. The normalized spacial score (nSPS) is 12.2. The van der Waals surface area contributed by atoms with Gasteiger partial charge in [0, 0.05) is 10.3 Å². The third-order valence-electron chi connectivity index (χ3n) is 2.63. The van der Waals surface area contributed by atoms with Crippen molar-refractivity contribution in [2.45, 2.75) is 12.3 Å². The fourth-order valence-corrected chi connectivity index (χ4v) is 2.56. The number of ketones is 1. The van der Waals surface area contributed by atoms with Crippen LogP contribution in [-0.4, -0.2) is 31.3 Å². The molecule has 0 spiro atoms. The van der Waals surface area contributed by atoms with Crippen LogP contribution in [0.3, 0.4) is 0 Å². The average Bonchev–Trinajstić information content (AvgIpc) is 2.86. The molecule has 0 unspecified atom stereocenters. The maximum Gasteiger partial charge on any atom is 0.330 e. The van der Waals surface area contributed by atoms with Crippen molar-refractivity contribution in [3.05, 3.63) is 35.2 Å². The number of rotatable bonds is 6. The number of fused-ring (bicyclic) bond motifs is 1. The van der Waals surface area contributed by atoms with Crippen LogP contribution < -0.4 is 0 Å². The molecular formula is C13H10F4O2S. The lowest BCUT2D eigenvalue weighted by molar-refractivity contribution is -0.163. The molecule has 0 fully saturated rings.